The Labute approximate surface area is 163 Å². The molecule has 2 fully saturated rings. The zero-order valence-corrected chi connectivity index (χ0v) is 16.4. The number of nitrogens with zero attached hydrogens (tertiary/aromatic N) is 2. The van der Waals surface area contributed by atoms with Crippen molar-refractivity contribution in [2.24, 2.45) is 0 Å². The Hall–Kier alpha value is -0.850. The van der Waals surface area contributed by atoms with E-state index in [1.807, 2.05) is 0 Å². The zero-order chi connectivity index (χ0) is 16.9. The van der Waals surface area contributed by atoms with Gasteiger partial charge in [-0.1, -0.05) is 12.1 Å². The van der Waals surface area contributed by atoms with Crippen LogP contribution >= 0.6 is 12.4 Å². The smallest absolute Gasteiger partial charge is 0.122 e. The Morgan fingerprint density at radius 1 is 1.19 bits per heavy atom. The van der Waals surface area contributed by atoms with Crippen molar-refractivity contribution in [2.75, 3.05) is 59.1 Å². The lowest BCUT2D eigenvalue weighted by atomic mass is 10.0. The molecule has 0 amide bonds. The first-order chi connectivity index (χ1) is 12.4. The van der Waals surface area contributed by atoms with Gasteiger partial charge in [0.2, 0.25) is 0 Å². The van der Waals surface area contributed by atoms with Gasteiger partial charge in [0.05, 0.1) is 19.8 Å². The summed E-state index contributed by atoms with van der Waals surface area (Å²) in [6.45, 7) is 10.4. The second kappa shape index (κ2) is 9.90. The molecule has 2 saturated heterocycles. The summed E-state index contributed by atoms with van der Waals surface area (Å²) in [4.78, 5) is 5.24. The molecule has 0 spiro atoms. The molecule has 26 heavy (non-hydrogen) atoms. The van der Waals surface area contributed by atoms with E-state index in [1.54, 1.807) is 0 Å². The van der Waals surface area contributed by atoms with E-state index in [1.165, 1.54) is 30.5 Å². The van der Waals surface area contributed by atoms with Crippen LogP contribution in [0.5, 0.6) is 5.75 Å². The van der Waals surface area contributed by atoms with Gasteiger partial charge in [-0.15, -0.1) is 12.4 Å². The Kier molecular flexibility index (Phi) is 7.58. The molecule has 0 saturated carbocycles. The maximum atomic E-state index is 5.66. The Morgan fingerprint density at radius 2 is 2.08 bits per heavy atom. The van der Waals surface area contributed by atoms with Crippen molar-refractivity contribution in [1.82, 2.24) is 15.1 Å². The van der Waals surface area contributed by atoms with E-state index in [2.05, 4.69) is 33.3 Å². The molecule has 3 aliphatic heterocycles. The summed E-state index contributed by atoms with van der Waals surface area (Å²) >= 11 is 0. The number of rotatable bonds is 6. The van der Waals surface area contributed by atoms with Gasteiger partial charge in [0.25, 0.3) is 0 Å². The normalized spacial score (nSPS) is 23.3. The summed E-state index contributed by atoms with van der Waals surface area (Å²) in [5, 5.41) is 3.59. The van der Waals surface area contributed by atoms with Crippen LogP contribution in [0.15, 0.2) is 18.2 Å². The summed E-state index contributed by atoms with van der Waals surface area (Å²) < 4.78 is 11.1. The molecule has 0 bridgehead atoms. The molecule has 5 nitrogen and oxygen atoms in total. The summed E-state index contributed by atoms with van der Waals surface area (Å²) in [5.74, 6) is 1.09. The Bertz CT molecular complexity index is 560. The van der Waals surface area contributed by atoms with Crippen LogP contribution in [0.4, 0.5) is 0 Å². The number of benzene rings is 1. The predicted molar refractivity (Wildman–Crippen MR) is 106 cm³/mol. The molecule has 3 aliphatic rings. The third-order valence-corrected chi connectivity index (χ3v) is 5.73. The third-order valence-electron chi connectivity index (χ3n) is 5.73. The van der Waals surface area contributed by atoms with Crippen molar-refractivity contribution < 1.29 is 9.47 Å². The number of fused-ring (bicyclic) bond motifs is 1. The van der Waals surface area contributed by atoms with E-state index in [-0.39, 0.29) is 12.4 Å². The molecule has 1 aromatic rings. The number of halogens is 1. The highest BCUT2D eigenvalue weighted by atomic mass is 35.5. The molecule has 1 aromatic carbocycles. The summed E-state index contributed by atoms with van der Waals surface area (Å²) in [7, 11) is 0. The average molecular weight is 382 g/mol. The minimum absolute atomic E-state index is 0. The van der Waals surface area contributed by atoms with Gasteiger partial charge in [-0.3, -0.25) is 9.80 Å². The Balaban J connectivity index is 0.00000196. The highest BCUT2D eigenvalue weighted by Gasteiger charge is 2.23. The van der Waals surface area contributed by atoms with Crippen LogP contribution in [0.1, 0.15) is 24.0 Å². The van der Waals surface area contributed by atoms with Crippen LogP contribution in [0.2, 0.25) is 0 Å². The molecular weight excluding hydrogens is 350 g/mol. The minimum atomic E-state index is 0. The number of piperidine rings is 1. The van der Waals surface area contributed by atoms with Gasteiger partial charge >= 0.3 is 0 Å². The van der Waals surface area contributed by atoms with Crippen LogP contribution in [-0.2, 0) is 17.7 Å². The zero-order valence-electron chi connectivity index (χ0n) is 15.6. The molecule has 146 valence electrons. The molecule has 3 heterocycles. The fraction of sp³-hybridized carbons (Fsp3) is 0.700. The van der Waals surface area contributed by atoms with Crippen molar-refractivity contribution in [3.05, 3.63) is 29.3 Å². The van der Waals surface area contributed by atoms with Crippen molar-refractivity contribution in [3.8, 4) is 5.75 Å². The minimum Gasteiger partial charge on any atom is -0.493 e. The van der Waals surface area contributed by atoms with Crippen LogP contribution in [0.3, 0.4) is 0 Å². The van der Waals surface area contributed by atoms with Crippen LogP contribution in [0.25, 0.3) is 0 Å². The predicted octanol–water partition coefficient (Wildman–Crippen LogP) is 1.93. The van der Waals surface area contributed by atoms with Crippen molar-refractivity contribution in [3.63, 3.8) is 0 Å². The quantitative estimate of drug-likeness (QED) is 0.814. The molecule has 4 rings (SSSR count). The second-order valence-corrected chi connectivity index (χ2v) is 7.47. The number of nitrogens with one attached hydrogen (secondary N) is 1. The van der Waals surface area contributed by atoms with E-state index in [0.29, 0.717) is 6.04 Å². The molecule has 1 N–H and O–H groups in total. The van der Waals surface area contributed by atoms with Crippen molar-refractivity contribution in [1.29, 1.82) is 0 Å². The molecule has 0 aromatic heterocycles. The van der Waals surface area contributed by atoms with Crippen LogP contribution in [-0.4, -0.2) is 74.9 Å². The molecule has 1 unspecified atom stereocenters. The van der Waals surface area contributed by atoms with Gasteiger partial charge in [0.15, 0.2) is 0 Å². The SMILES string of the molecule is Cl.c1cc2c(cc1CN(CCN1CCOCC1)C1CCCNC1)CCO2. The van der Waals surface area contributed by atoms with Crippen LogP contribution in [0, 0.1) is 0 Å². The maximum Gasteiger partial charge on any atom is 0.122 e. The topological polar surface area (TPSA) is 37.0 Å². The van der Waals surface area contributed by atoms with Gasteiger partial charge in [0.1, 0.15) is 5.75 Å². The Morgan fingerprint density at radius 3 is 2.88 bits per heavy atom. The summed E-state index contributed by atoms with van der Waals surface area (Å²) in [6, 6.07) is 7.43. The van der Waals surface area contributed by atoms with E-state index in [4.69, 9.17) is 9.47 Å². The van der Waals surface area contributed by atoms with Gasteiger partial charge in [-0.2, -0.15) is 0 Å². The lowest BCUT2D eigenvalue weighted by Gasteiger charge is -2.37. The number of hydrogen-bond donors (Lipinski definition) is 1. The standard InChI is InChI=1S/C20H31N3O2.ClH/c1-2-19(15-21-6-1)23(8-7-22-9-12-24-13-10-22)16-17-3-4-20-18(14-17)5-11-25-20;/h3-4,14,19,21H,1-2,5-13,15-16H2;1H. The lowest BCUT2D eigenvalue weighted by molar-refractivity contribution is 0.0290. The highest BCUT2D eigenvalue weighted by molar-refractivity contribution is 5.85. The molecular formula is C20H32ClN3O2. The second-order valence-electron chi connectivity index (χ2n) is 7.47. The first-order valence-corrected chi connectivity index (χ1v) is 9.88. The van der Waals surface area contributed by atoms with E-state index in [9.17, 15) is 0 Å². The highest BCUT2D eigenvalue weighted by Crippen LogP contribution is 2.27. The van der Waals surface area contributed by atoms with Gasteiger partial charge in [0, 0.05) is 51.7 Å². The lowest BCUT2D eigenvalue weighted by Crippen LogP contribution is -2.49. The maximum absolute atomic E-state index is 5.66. The van der Waals surface area contributed by atoms with E-state index in [0.717, 1.165) is 71.3 Å². The monoisotopic (exact) mass is 381 g/mol. The average Bonchev–Trinajstić information content (AvgIpc) is 3.14. The molecule has 0 radical (unpaired) electrons. The summed E-state index contributed by atoms with van der Waals surface area (Å²) in [5.41, 5.74) is 2.81. The van der Waals surface area contributed by atoms with Gasteiger partial charge in [-0.05, 0) is 36.6 Å². The largest absolute Gasteiger partial charge is 0.493 e. The number of ether oxygens (including phenoxy) is 2. The summed E-state index contributed by atoms with van der Waals surface area (Å²) in [6.07, 6.45) is 3.66. The van der Waals surface area contributed by atoms with Crippen molar-refractivity contribution >= 4 is 12.4 Å². The third kappa shape index (κ3) is 5.11. The molecule has 6 heteroatoms. The first-order valence-electron chi connectivity index (χ1n) is 9.88. The van der Waals surface area contributed by atoms with Gasteiger partial charge < -0.3 is 14.8 Å². The number of hydrogen-bond acceptors (Lipinski definition) is 5. The van der Waals surface area contributed by atoms with E-state index >= 15 is 0 Å². The van der Waals surface area contributed by atoms with Crippen LogP contribution < -0.4 is 10.1 Å². The van der Waals surface area contributed by atoms with Gasteiger partial charge in [-0.25, -0.2) is 0 Å². The first kappa shape index (κ1) is 19.9. The van der Waals surface area contributed by atoms with E-state index < -0.39 is 0 Å². The fourth-order valence-electron chi connectivity index (χ4n) is 4.20. The molecule has 0 aliphatic carbocycles. The van der Waals surface area contributed by atoms with Crippen molar-refractivity contribution in [2.45, 2.75) is 31.8 Å². The fourth-order valence-corrected chi connectivity index (χ4v) is 4.20. The molecule has 1 atom stereocenters. The number of morpholine rings is 1.